The minimum Gasteiger partial charge on any atom is -0.497 e. The Morgan fingerprint density at radius 3 is 2.28 bits per heavy atom. The molecule has 1 aliphatic heterocycles. The van der Waals surface area contributed by atoms with Crippen molar-refractivity contribution in [2.75, 3.05) is 26.7 Å². The molecule has 0 spiro atoms. The number of nitrogens with zero attached hydrogens (tertiary/aromatic N) is 1. The lowest BCUT2D eigenvalue weighted by atomic mass is 9.88. The number of benzene rings is 1. The quantitative estimate of drug-likeness (QED) is 0.764. The van der Waals surface area contributed by atoms with Crippen LogP contribution in [0.15, 0.2) is 24.3 Å². The molecule has 1 aromatic carbocycles. The van der Waals surface area contributed by atoms with Crippen molar-refractivity contribution >= 4 is 17.7 Å². The number of hydrogen-bond acceptors (Lipinski definition) is 4. The fraction of sp³-hybridized carbons (Fsp3) is 0.591. The summed E-state index contributed by atoms with van der Waals surface area (Å²) in [5.41, 5.74) is 0.489. The number of carbonyl (C=O) groups excluding carboxylic acids is 3. The molecule has 29 heavy (non-hydrogen) atoms. The minimum atomic E-state index is -0.282. The zero-order valence-corrected chi connectivity index (χ0v) is 17.1. The Morgan fingerprint density at radius 2 is 1.66 bits per heavy atom. The van der Waals surface area contributed by atoms with Crippen molar-refractivity contribution in [2.24, 2.45) is 5.92 Å². The number of rotatable bonds is 6. The highest BCUT2D eigenvalue weighted by Gasteiger charge is 2.27. The molecule has 1 aromatic rings. The number of piperidine rings is 1. The van der Waals surface area contributed by atoms with Crippen molar-refractivity contribution in [3.63, 3.8) is 0 Å². The first-order chi connectivity index (χ1) is 14.1. The highest BCUT2D eigenvalue weighted by atomic mass is 16.5. The molecule has 0 atom stereocenters. The van der Waals surface area contributed by atoms with E-state index in [-0.39, 0.29) is 36.2 Å². The SMILES string of the molecule is COc1ccc(C(=O)NCC(=O)N2CCC(NC(=O)C3CCCCC3)CC2)cc1. The monoisotopic (exact) mass is 401 g/mol. The van der Waals surface area contributed by atoms with Crippen LogP contribution in [0.1, 0.15) is 55.3 Å². The van der Waals surface area contributed by atoms with Crippen molar-refractivity contribution in [1.29, 1.82) is 0 Å². The van der Waals surface area contributed by atoms with Crippen LogP contribution in [0.2, 0.25) is 0 Å². The lowest BCUT2D eigenvalue weighted by Gasteiger charge is -2.33. The molecule has 7 heteroatoms. The van der Waals surface area contributed by atoms with E-state index < -0.39 is 0 Å². The van der Waals surface area contributed by atoms with Crippen LogP contribution in [0.4, 0.5) is 0 Å². The number of likely N-dealkylation sites (tertiary alicyclic amines) is 1. The Morgan fingerprint density at radius 1 is 1.00 bits per heavy atom. The molecule has 2 fully saturated rings. The molecule has 3 rings (SSSR count). The van der Waals surface area contributed by atoms with Gasteiger partial charge in [0.1, 0.15) is 5.75 Å². The second-order valence-electron chi connectivity index (χ2n) is 7.91. The molecule has 1 saturated carbocycles. The third-order valence-corrected chi connectivity index (χ3v) is 5.92. The van der Waals surface area contributed by atoms with E-state index in [1.165, 1.54) is 6.42 Å². The average molecular weight is 402 g/mol. The standard InChI is InChI=1S/C22H31N3O4/c1-29-19-9-7-17(8-10-19)21(27)23-15-20(26)25-13-11-18(12-14-25)24-22(28)16-5-3-2-4-6-16/h7-10,16,18H,2-6,11-15H2,1H3,(H,23,27)(H,24,28). The Kier molecular flexibility index (Phi) is 7.49. The average Bonchev–Trinajstić information content (AvgIpc) is 2.78. The van der Waals surface area contributed by atoms with Gasteiger partial charge in [-0.15, -0.1) is 0 Å². The number of amides is 3. The normalized spacial score (nSPS) is 18.2. The highest BCUT2D eigenvalue weighted by Crippen LogP contribution is 2.24. The van der Waals surface area contributed by atoms with Gasteiger partial charge in [-0.25, -0.2) is 0 Å². The zero-order valence-electron chi connectivity index (χ0n) is 17.1. The molecule has 0 aromatic heterocycles. The highest BCUT2D eigenvalue weighted by molar-refractivity contribution is 5.96. The second kappa shape index (κ2) is 10.3. The van der Waals surface area contributed by atoms with Gasteiger partial charge in [0.2, 0.25) is 11.8 Å². The van der Waals surface area contributed by atoms with Crippen molar-refractivity contribution in [1.82, 2.24) is 15.5 Å². The summed E-state index contributed by atoms with van der Waals surface area (Å²) in [5.74, 6) is 0.647. The van der Waals surface area contributed by atoms with Gasteiger partial charge in [-0.1, -0.05) is 19.3 Å². The molecule has 1 heterocycles. The molecule has 0 bridgehead atoms. The van der Waals surface area contributed by atoms with Crippen LogP contribution in [-0.4, -0.2) is 55.4 Å². The molecule has 2 N–H and O–H groups in total. The van der Waals surface area contributed by atoms with E-state index in [1.54, 1.807) is 36.3 Å². The summed E-state index contributed by atoms with van der Waals surface area (Å²) in [4.78, 5) is 38.7. The van der Waals surface area contributed by atoms with Crippen molar-refractivity contribution in [3.8, 4) is 5.75 Å². The number of ether oxygens (including phenoxy) is 1. The smallest absolute Gasteiger partial charge is 0.251 e. The zero-order chi connectivity index (χ0) is 20.6. The lowest BCUT2D eigenvalue weighted by molar-refractivity contribution is -0.131. The summed E-state index contributed by atoms with van der Waals surface area (Å²) in [7, 11) is 1.57. The summed E-state index contributed by atoms with van der Waals surface area (Å²) < 4.78 is 5.07. The number of methoxy groups -OCH3 is 1. The van der Waals surface area contributed by atoms with Crippen LogP contribution in [0, 0.1) is 5.92 Å². The van der Waals surface area contributed by atoms with Gasteiger partial charge in [0.05, 0.1) is 13.7 Å². The largest absolute Gasteiger partial charge is 0.497 e. The van der Waals surface area contributed by atoms with E-state index in [9.17, 15) is 14.4 Å². The molecule has 1 aliphatic carbocycles. The Balaban J connectivity index is 1.38. The summed E-state index contributed by atoms with van der Waals surface area (Å²) in [6, 6.07) is 6.90. The molecule has 7 nitrogen and oxygen atoms in total. The van der Waals surface area contributed by atoms with E-state index in [1.807, 2.05) is 0 Å². The number of hydrogen-bond donors (Lipinski definition) is 2. The third kappa shape index (κ3) is 5.95. The molecule has 0 radical (unpaired) electrons. The Bertz CT molecular complexity index is 705. The van der Waals surface area contributed by atoms with Crippen molar-refractivity contribution in [3.05, 3.63) is 29.8 Å². The Hall–Kier alpha value is -2.57. The Labute approximate surface area is 172 Å². The van der Waals surface area contributed by atoms with Crippen LogP contribution in [-0.2, 0) is 9.59 Å². The van der Waals surface area contributed by atoms with Crippen LogP contribution >= 0.6 is 0 Å². The molecule has 0 unspecified atom stereocenters. The predicted octanol–water partition coefficient (Wildman–Crippen LogP) is 2.11. The van der Waals surface area contributed by atoms with E-state index >= 15 is 0 Å². The maximum Gasteiger partial charge on any atom is 0.251 e. The predicted molar refractivity (Wildman–Crippen MR) is 110 cm³/mol. The van der Waals surface area contributed by atoms with Crippen molar-refractivity contribution < 1.29 is 19.1 Å². The van der Waals surface area contributed by atoms with Crippen molar-refractivity contribution in [2.45, 2.75) is 51.0 Å². The molecule has 2 aliphatic rings. The van der Waals surface area contributed by atoms with Gasteiger partial charge in [0.25, 0.3) is 5.91 Å². The number of carbonyl (C=O) groups is 3. The minimum absolute atomic E-state index is 0.0238. The van der Waals surface area contributed by atoms with Gasteiger partial charge in [-0.05, 0) is 49.9 Å². The van der Waals surface area contributed by atoms with Crippen LogP contribution < -0.4 is 15.4 Å². The molecular weight excluding hydrogens is 370 g/mol. The van der Waals surface area contributed by atoms with Gasteiger partial charge in [-0.3, -0.25) is 14.4 Å². The molecule has 158 valence electrons. The van der Waals surface area contributed by atoms with Crippen LogP contribution in [0.5, 0.6) is 5.75 Å². The summed E-state index contributed by atoms with van der Waals surface area (Å²) >= 11 is 0. The maximum absolute atomic E-state index is 12.4. The maximum atomic E-state index is 12.4. The molecule has 1 saturated heterocycles. The van der Waals surface area contributed by atoms with Crippen LogP contribution in [0.25, 0.3) is 0 Å². The summed E-state index contributed by atoms with van der Waals surface area (Å²) in [6.07, 6.45) is 7.04. The lowest BCUT2D eigenvalue weighted by Crippen LogP contribution is -2.50. The van der Waals surface area contributed by atoms with Gasteiger partial charge in [-0.2, -0.15) is 0 Å². The third-order valence-electron chi connectivity index (χ3n) is 5.92. The van der Waals surface area contributed by atoms with Gasteiger partial charge in [0, 0.05) is 30.6 Å². The van der Waals surface area contributed by atoms with E-state index in [0.717, 1.165) is 38.5 Å². The van der Waals surface area contributed by atoms with E-state index in [0.29, 0.717) is 24.4 Å². The first-order valence-corrected chi connectivity index (χ1v) is 10.6. The van der Waals surface area contributed by atoms with E-state index in [4.69, 9.17) is 4.74 Å². The van der Waals surface area contributed by atoms with Gasteiger partial charge < -0.3 is 20.3 Å². The van der Waals surface area contributed by atoms with Crippen LogP contribution in [0.3, 0.4) is 0 Å². The first kappa shape index (κ1) is 21.1. The topological polar surface area (TPSA) is 87.7 Å². The number of nitrogens with one attached hydrogen (secondary N) is 2. The molecule has 3 amide bonds. The summed E-state index contributed by atoms with van der Waals surface area (Å²) in [6.45, 7) is 1.18. The first-order valence-electron chi connectivity index (χ1n) is 10.6. The second-order valence-corrected chi connectivity index (χ2v) is 7.91. The van der Waals surface area contributed by atoms with Gasteiger partial charge >= 0.3 is 0 Å². The fourth-order valence-electron chi connectivity index (χ4n) is 4.07. The summed E-state index contributed by atoms with van der Waals surface area (Å²) in [5, 5.41) is 5.85. The fourth-order valence-corrected chi connectivity index (χ4v) is 4.07. The molecular formula is C22H31N3O4. The van der Waals surface area contributed by atoms with Gasteiger partial charge in [0.15, 0.2) is 0 Å². The van der Waals surface area contributed by atoms with E-state index in [2.05, 4.69) is 10.6 Å².